The predicted molar refractivity (Wildman–Crippen MR) is 56.1 cm³/mol. The molecule has 2 aromatic rings. The second-order valence-corrected chi connectivity index (χ2v) is 3.23. The van der Waals surface area contributed by atoms with Crippen LogP contribution in [0.2, 0.25) is 0 Å². The molecule has 0 amide bonds. The molecule has 0 spiro atoms. The fourth-order valence-corrected chi connectivity index (χ4v) is 1.08. The van der Waals surface area contributed by atoms with Gasteiger partial charge in [0.1, 0.15) is 0 Å². The third-order valence-corrected chi connectivity index (χ3v) is 1.88. The zero-order valence-corrected chi connectivity index (χ0v) is 8.68. The average Bonchev–Trinajstić information content (AvgIpc) is 2.30. The molecule has 82 valence electrons. The molecule has 0 aliphatic heterocycles. The smallest absolute Gasteiger partial charge is 0.223 e. The first-order valence-electron chi connectivity index (χ1n) is 4.73. The number of nitrogens with zero attached hydrogens (tertiary/aromatic N) is 4. The Bertz CT molecular complexity index is 408. The zero-order chi connectivity index (χ0) is 11.4. The van der Waals surface area contributed by atoms with Crippen LogP contribution < -0.4 is 5.32 Å². The van der Waals surface area contributed by atoms with Gasteiger partial charge in [0.25, 0.3) is 0 Å². The van der Waals surface area contributed by atoms with Gasteiger partial charge in [-0.1, -0.05) is 0 Å². The first kappa shape index (κ1) is 10.4. The molecule has 6 heteroatoms. The molecule has 0 aliphatic rings. The Morgan fingerprint density at radius 3 is 2.44 bits per heavy atom. The molecule has 16 heavy (non-hydrogen) atoms. The Morgan fingerprint density at radius 1 is 1.06 bits per heavy atom. The molecular formula is C10H10FN5. The lowest BCUT2D eigenvalue weighted by molar-refractivity contribution is 0.614. The molecule has 0 saturated heterocycles. The van der Waals surface area contributed by atoms with Gasteiger partial charge in [-0.25, -0.2) is 14.4 Å². The summed E-state index contributed by atoms with van der Waals surface area (Å²) in [5, 5.41) is 2.92. The van der Waals surface area contributed by atoms with Crippen molar-refractivity contribution in [3.8, 4) is 0 Å². The molecule has 2 aromatic heterocycles. The number of rotatable bonds is 3. The van der Waals surface area contributed by atoms with Crippen molar-refractivity contribution >= 4 is 5.95 Å². The highest BCUT2D eigenvalue weighted by molar-refractivity contribution is 5.23. The SMILES string of the molecule is Cc1cnc(CNc2ncc(F)cn2)cn1. The van der Waals surface area contributed by atoms with Gasteiger partial charge in [-0.15, -0.1) is 0 Å². The molecule has 0 atom stereocenters. The maximum absolute atomic E-state index is 12.5. The summed E-state index contributed by atoms with van der Waals surface area (Å²) in [6.45, 7) is 2.33. The fourth-order valence-electron chi connectivity index (χ4n) is 1.08. The summed E-state index contributed by atoms with van der Waals surface area (Å²) >= 11 is 0. The molecule has 0 saturated carbocycles. The standard InChI is InChI=1S/C10H10FN5/c1-7-2-13-9(5-12-7)6-16-10-14-3-8(11)4-15-10/h2-5H,6H2,1H3,(H,14,15,16). The number of aryl methyl sites for hydroxylation is 1. The van der Waals surface area contributed by atoms with Crippen molar-refractivity contribution in [2.24, 2.45) is 0 Å². The summed E-state index contributed by atoms with van der Waals surface area (Å²) in [6.07, 6.45) is 5.57. The van der Waals surface area contributed by atoms with E-state index < -0.39 is 5.82 Å². The topological polar surface area (TPSA) is 63.6 Å². The van der Waals surface area contributed by atoms with Crippen molar-refractivity contribution in [1.29, 1.82) is 0 Å². The van der Waals surface area contributed by atoms with Gasteiger partial charge in [0.15, 0.2) is 5.82 Å². The third kappa shape index (κ3) is 2.69. The van der Waals surface area contributed by atoms with Crippen molar-refractivity contribution in [3.63, 3.8) is 0 Å². The van der Waals surface area contributed by atoms with Crippen LogP contribution in [0.4, 0.5) is 10.3 Å². The minimum Gasteiger partial charge on any atom is -0.349 e. The van der Waals surface area contributed by atoms with Gasteiger partial charge in [-0.2, -0.15) is 0 Å². The third-order valence-electron chi connectivity index (χ3n) is 1.88. The van der Waals surface area contributed by atoms with Gasteiger partial charge in [0.05, 0.1) is 36.5 Å². The average molecular weight is 219 g/mol. The van der Waals surface area contributed by atoms with Crippen LogP contribution in [-0.4, -0.2) is 19.9 Å². The minimum atomic E-state index is -0.458. The van der Waals surface area contributed by atoms with Crippen LogP contribution >= 0.6 is 0 Å². The highest BCUT2D eigenvalue weighted by Gasteiger charge is 1.98. The number of halogens is 1. The summed E-state index contributed by atoms with van der Waals surface area (Å²) < 4.78 is 12.5. The van der Waals surface area contributed by atoms with Crippen LogP contribution in [0.5, 0.6) is 0 Å². The molecule has 2 heterocycles. The summed E-state index contributed by atoms with van der Waals surface area (Å²) in [5.41, 5.74) is 1.64. The van der Waals surface area contributed by atoms with Crippen molar-refractivity contribution in [2.75, 3.05) is 5.32 Å². The maximum atomic E-state index is 12.5. The van der Waals surface area contributed by atoms with Gasteiger partial charge in [-0.05, 0) is 6.92 Å². The number of nitrogens with one attached hydrogen (secondary N) is 1. The normalized spacial score (nSPS) is 10.1. The van der Waals surface area contributed by atoms with Gasteiger partial charge in [-0.3, -0.25) is 9.97 Å². The van der Waals surface area contributed by atoms with Crippen LogP contribution in [-0.2, 0) is 6.54 Å². The van der Waals surface area contributed by atoms with E-state index in [-0.39, 0.29) is 0 Å². The van der Waals surface area contributed by atoms with E-state index in [1.54, 1.807) is 12.4 Å². The van der Waals surface area contributed by atoms with Crippen LogP contribution in [0.1, 0.15) is 11.4 Å². The van der Waals surface area contributed by atoms with Crippen LogP contribution in [0.3, 0.4) is 0 Å². The van der Waals surface area contributed by atoms with Crippen LogP contribution in [0.15, 0.2) is 24.8 Å². The highest BCUT2D eigenvalue weighted by atomic mass is 19.1. The number of anilines is 1. The van der Waals surface area contributed by atoms with Gasteiger partial charge < -0.3 is 5.32 Å². The summed E-state index contributed by atoms with van der Waals surface area (Å²) in [6, 6.07) is 0. The van der Waals surface area contributed by atoms with Gasteiger partial charge in [0.2, 0.25) is 5.95 Å². The maximum Gasteiger partial charge on any atom is 0.223 e. The van der Waals surface area contributed by atoms with E-state index in [0.29, 0.717) is 12.5 Å². The van der Waals surface area contributed by atoms with E-state index in [1.165, 1.54) is 0 Å². The zero-order valence-electron chi connectivity index (χ0n) is 8.68. The molecule has 2 rings (SSSR count). The fraction of sp³-hybridized carbons (Fsp3) is 0.200. The van der Waals surface area contributed by atoms with E-state index in [9.17, 15) is 4.39 Å². The monoisotopic (exact) mass is 219 g/mol. The number of hydrogen-bond acceptors (Lipinski definition) is 5. The van der Waals surface area contributed by atoms with Crippen molar-refractivity contribution in [1.82, 2.24) is 19.9 Å². The lowest BCUT2D eigenvalue weighted by Gasteiger charge is -2.03. The lowest BCUT2D eigenvalue weighted by atomic mass is 10.4. The molecule has 5 nitrogen and oxygen atoms in total. The van der Waals surface area contributed by atoms with E-state index in [2.05, 4.69) is 25.3 Å². The largest absolute Gasteiger partial charge is 0.349 e. The van der Waals surface area contributed by atoms with Crippen LogP contribution in [0, 0.1) is 12.7 Å². The Labute approximate surface area is 91.8 Å². The molecule has 0 aliphatic carbocycles. The van der Waals surface area contributed by atoms with Gasteiger partial charge >= 0.3 is 0 Å². The lowest BCUT2D eigenvalue weighted by Crippen LogP contribution is -2.05. The van der Waals surface area contributed by atoms with E-state index >= 15 is 0 Å². The second-order valence-electron chi connectivity index (χ2n) is 3.23. The quantitative estimate of drug-likeness (QED) is 0.843. The molecule has 0 unspecified atom stereocenters. The highest BCUT2D eigenvalue weighted by Crippen LogP contribution is 2.01. The molecule has 0 bridgehead atoms. The molecule has 0 radical (unpaired) electrons. The van der Waals surface area contributed by atoms with E-state index in [1.807, 2.05) is 6.92 Å². The van der Waals surface area contributed by atoms with E-state index in [0.717, 1.165) is 23.8 Å². The molecular weight excluding hydrogens is 209 g/mol. The Kier molecular flexibility index (Phi) is 3.00. The predicted octanol–water partition coefficient (Wildman–Crippen LogP) is 1.33. The minimum absolute atomic E-state index is 0.365. The Balaban J connectivity index is 1.97. The summed E-state index contributed by atoms with van der Waals surface area (Å²) in [5.74, 6) is -0.0931. The summed E-state index contributed by atoms with van der Waals surface area (Å²) in [4.78, 5) is 15.8. The molecule has 1 N–H and O–H groups in total. The van der Waals surface area contributed by atoms with Crippen molar-refractivity contribution < 1.29 is 4.39 Å². The van der Waals surface area contributed by atoms with E-state index in [4.69, 9.17) is 0 Å². The van der Waals surface area contributed by atoms with Crippen LogP contribution in [0.25, 0.3) is 0 Å². The Morgan fingerprint density at radius 2 is 1.81 bits per heavy atom. The molecule has 0 aromatic carbocycles. The van der Waals surface area contributed by atoms with Crippen molar-refractivity contribution in [2.45, 2.75) is 13.5 Å². The second kappa shape index (κ2) is 4.61. The van der Waals surface area contributed by atoms with Crippen molar-refractivity contribution in [3.05, 3.63) is 42.0 Å². The first-order valence-corrected chi connectivity index (χ1v) is 4.73. The first-order chi connectivity index (χ1) is 7.74. The van der Waals surface area contributed by atoms with Gasteiger partial charge in [0, 0.05) is 6.20 Å². The summed E-state index contributed by atoms with van der Waals surface area (Å²) in [7, 11) is 0. The number of aromatic nitrogens is 4. The number of hydrogen-bond donors (Lipinski definition) is 1. The Hall–Kier alpha value is -2.11. The molecule has 0 fully saturated rings.